The van der Waals surface area contributed by atoms with E-state index >= 15 is 0 Å². The maximum atomic E-state index is 12.9. The van der Waals surface area contributed by atoms with Gasteiger partial charge in [0.2, 0.25) is 5.91 Å². The number of hydrogen-bond donors (Lipinski definition) is 2. The molecule has 5 heteroatoms. The Morgan fingerprint density at radius 1 is 1.00 bits per heavy atom. The molecule has 1 aromatic rings. The van der Waals surface area contributed by atoms with Gasteiger partial charge in [-0.15, -0.1) is 0 Å². The fourth-order valence-corrected chi connectivity index (χ4v) is 5.11. The van der Waals surface area contributed by atoms with Gasteiger partial charge in [-0.3, -0.25) is 9.59 Å². The number of benzene rings is 1. The highest BCUT2D eigenvalue weighted by molar-refractivity contribution is 6.04. The van der Waals surface area contributed by atoms with E-state index in [0.29, 0.717) is 23.1 Å². The number of hydrogen-bond acceptors (Lipinski definition) is 3. The molecule has 2 saturated carbocycles. The Labute approximate surface area is 155 Å². The molecule has 2 bridgehead atoms. The molecule has 0 radical (unpaired) electrons. The number of carbonyl (C=O) groups excluding carboxylic acids is 2. The van der Waals surface area contributed by atoms with E-state index in [9.17, 15) is 9.59 Å². The molecule has 4 rings (SSSR count). The van der Waals surface area contributed by atoms with Crippen LogP contribution in [0.2, 0.25) is 0 Å². The molecule has 1 aliphatic heterocycles. The second kappa shape index (κ2) is 7.39. The predicted molar refractivity (Wildman–Crippen MR) is 102 cm³/mol. The lowest BCUT2D eigenvalue weighted by Crippen LogP contribution is -2.48. The minimum absolute atomic E-state index is 0.0139. The quantitative estimate of drug-likeness (QED) is 0.875. The van der Waals surface area contributed by atoms with Crippen molar-refractivity contribution in [2.45, 2.75) is 51.0 Å². The molecule has 140 valence electrons. The fourth-order valence-electron chi connectivity index (χ4n) is 5.11. The Balaban J connectivity index is 1.47. The van der Waals surface area contributed by atoms with Crippen LogP contribution in [-0.2, 0) is 4.79 Å². The summed E-state index contributed by atoms with van der Waals surface area (Å²) < 4.78 is 0. The second-order valence-corrected chi connectivity index (χ2v) is 8.23. The third-order valence-corrected chi connectivity index (χ3v) is 6.59. The number of carbonyl (C=O) groups is 2. The maximum Gasteiger partial charge on any atom is 0.255 e. The first-order valence-corrected chi connectivity index (χ1v) is 10.1. The summed E-state index contributed by atoms with van der Waals surface area (Å²) in [6.45, 7) is 1.62. The number of fused-ring (bicyclic) bond motifs is 2. The van der Waals surface area contributed by atoms with E-state index in [1.54, 1.807) is 0 Å². The number of nitrogens with two attached hydrogens (primary N) is 1. The predicted octanol–water partition coefficient (Wildman–Crippen LogP) is 3.01. The first-order chi connectivity index (χ1) is 12.6. The Morgan fingerprint density at radius 3 is 2.35 bits per heavy atom. The molecule has 2 amide bonds. The highest BCUT2D eigenvalue weighted by Gasteiger charge is 2.40. The molecule has 0 aromatic heterocycles. The van der Waals surface area contributed by atoms with Crippen molar-refractivity contribution in [2.24, 2.45) is 23.5 Å². The third-order valence-electron chi connectivity index (χ3n) is 6.59. The van der Waals surface area contributed by atoms with Crippen molar-refractivity contribution in [3.05, 3.63) is 29.8 Å². The van der Waals surface area contributed by atoms with Gasteiger partial charge in [0.1, 0.15) is 0 Å². The molecule has 1 heterocycles. The van der Waals surface area contributed by atoms with Crippen LogP contribution in [0.25, 0.3) is 0 Å². The summed E-state index contributed by atoms with van der Waals surface area (Å²) in [4.78, 5) is 27.6. The highest BCUT2D eigenvalue weighted by Crippen LogP contribution is 2.42. The van der Waals surface area contributed by atoms with E-state index in [-0.39, 0.29) is 23.8 Å². The first-order valence-electron chi connectivity index (χ1n) is 10.1. The minimum atomic E-state index is 0.0139. The molecule has 26 heavy (non-hydrogen) atoms. The van der Waals surface area contributed by atoms with Crippen molar-refractivity contribution in [1.29, 1.82) is 0 Å². The first kappa shape index (κ1) is 17.5. The minimum Gasteiger partial charge on any atom is -0.339 e. The zero-order valence-electron chi connectivity index (χ0n) is 15.3. The van der Waals surface area contributed by atoms with E-state index in [4.69, 9.17) is 5.73 Å². The number of para-hydroxylation sites is 1. The molecular formula is C21H29N3O2. The lowest BCUT2D eigenvalue weighted by atomic mass is 9.65. The van der Waals surface area contributed by atoms with Crippen LogP contribution in [0, 0.1) is 17.8 Å². The van der Waals surface area contributed by atoms with Crippen molar-refractivity contribution in [3.8, 4) is 0 Å². The second-order valence-electron chi connectivity index (χ2n) is 8.23. The monoisotopic (exact) mass is 355 g/mol. The van der Waals surface area contributed by atoms with Crippen molar-refractivity contribution >= 4 is 17.5 Å². The molecule has 2 unspecified atom stereocenters. The lowest BCUT2D eigenvalue weighted by molar-refractivity contribution is -0.122. The molecule has 0 spiro atoms. The molecule has 2 atom stereocenters. The molecule has 1 saturated heterocycles. The molecule has 3 aliphatic rings. The van der Waals surface area contributed by atoms with Gasteiger partial charge in [0, 0.05) is 25.0 Å². The smallest absolute Gasteiger partial charge is 0.255 e. The summed E-state index contributed by atoms with van der Waals surface area (Å²) in [6, 6.07) is 7.67. The van der Waals surface area contributed by atoms with Crippen molar-refractivity contribution < 1.29 is 9.59 Å². The normalized spacial score (nSPS) is 30.9. The van der Waals surface area contributed by atoms with Crippen molar-refractivity contribution in [3.63, 3.8) is 0 Å². The number of amides is 2. The van der Waals surface area contributed by atoms with Gasteiger partial charge in [-0.25, -0.2) is 0 Å². The molecular weight excluding hydrogens is 326 g/mol. The van der Waals surface area contributed by atoms with Gasteiger partial charge in [-0.05, 0) is 62.5 Å². The van der Waals surface area contributed by atoms with Crippen LogP contribution in [0.15, 0.2) is 24.3 Å². The number of nitrogens with one attached hydrogen (secondary N) is 1. The maximum absolute atomic E-state index is 12.9. The van der Waals surface area contributed by atoms with Gasteiger partial charge >= 0.3 is 0 Å². The Kier molecular flexibility index (Phi) is 4.98. The number of nitrogens with zero attached hydrogens (tertiary/aromatic N) is 1. The van der Waals surface area contributed by atoms with E-state index in [1.807, 2.05) is 29.2 Å². The number of anilines is 1. The zero-order chi connectivity index (χ0) is 18.1. The molecule has 2 aliphatic carbocycles. The average Bonchev–Trinajstić information content (AvgIpc) is 3.16. The average molecular weight is 355 g/mol. The van der Waals surface area contributed by atoms with Gasteiger partial charge in [0.15, 0.2) is 0 Å². The Morgan fingerprint density at radius 2 is 1.65 bits per heavy atom. The fraction of sp³-hybridized carbons (Fsp3) is 0.619. The Hall–Kier alpha value is -1.88. The molecule has 3 fully saturated rings. The summed E-state index contributed by atoms with van der Waals surface area (Å²) in [5, 5.41) is 3.06. The van der Waals surface area contributed by atoms with E-state index in [2.05, 4.69) is 5.32 Å². The third kappa shape index (κ3) is 3.37. The van der Waals surface area contributed by atoms with Gasteiger partial charge in [0.25, 0.3) is 5.91 Å². The zero-order valence-corrected chi connectivity index (χ0v) is 15.3. The summed E-state index contributed by atoms with van der Waals surface area (Å²) in [7, 11) is 0. The van der Waals surface area contributed by atoms with E-state index in [1.165, 1.54) is 6.42 Å². The van der Waals surface area contributed by atoms with Crippen molar-refractivity contribution in [1.82, 2.24) is 4.90 Å². The summed E-state index contributed by atoms with van der Waals surface area (Å²) in [5.74, 6) is 1.04. The summed E-state index contributed by atoms with van der Waals surface area (Å²) >= 11 is 0. The van der Waals surface area contributed by atoms with Gasteiger partial charge in [0.05, 0.1) is 11.3 Å². The SMILES string of the molecule is NC1C2CCCC1CC(C(=O)Nc1ccccc1C(=O)N1CCCC1)C2. The van der Waals surface area contributed by atoms with E-state index < -0.39 is 0 Å². The summed E-state index contributed by atoms with van der Waals surface area (Å²) in [5.41, 5.74) is 7.61. The standard InChI is InChI=1S/C21H29N3O2/c22-19-14-6-5-7-15(19)13-16(12-14)20(25)23-18-9-2-1-8-17(18)21(26)24-10-3-4-11-24/h1-2,8-9,14-16,19H,3-7,10-13,22H2,(H,23,25). The van der Waals surface area contributed by atoms with Gasteiger partial charge in [-0.2, -0.15) is 0 Å². The topological polar surface area (TPSA) is 75.4 Å². The van der Waals surface area contributed by atoms with Crippen LogP contribution in [0.3, 0.4) is 0 Å². The number of likely N-dealkylation sites (tertiary alicyclic amines) is 1. The molecule has 5 nitrogen and oxygen atoms in total. The molecule has 3 N–H and O–H groups in total. The van der Waals surface area contributed by atoms with Gasteiger partial charge < -0.3 is 16.0 Å². The van der Waals surface area contributed by atoms with Crippen molar-refractivity contribution in [2.75, 3.05) is 18.4 Å². The van der Waals surface area contributed by atoms with Crippen LogP contribution >= 0.6 is 0 Å². The van der Waals surface area contributed by atoms with Gasteiger partial charge in [-0.1, -0.05) is 18.6 Å². The van der Waals surface area contributed by atoms with E-state index in [0.717, 1.165) is 51.6 Å². The number of rotatable bonds is 3. The van der Waals surface area contributed by atoms with Crippen LogP contribution in [0.1, 0.15) is 55.3 Å². The van der Waals surface area contributed by atoms with Crippen LogP contribution in [0.4, 0.5) is 5.69 Å². The Bertz CT molecular complexity index is 670. The highest BCUT2D eigenvalue weighted by atomic mass is 16.2. The summed E-state index contributed by atoms with van der Waals surface area (Å²) in [6.07, 6.45) is 7.41. The van der Waals surface area contributed by atoms with Crippen LogP contribution < -0.4 is 11.1 Å². The lowest BCUT2D eigenvalue weighted by Gasteiger charge is -2.43. The van der Waals surface area contributed by atoms with Crippen LogP contribution in [0.5, 0.6) is 0 Å². The van der Waals surface area contributed by atoms with Crippen LogP contribution in [-0.4, -0.2) is 35.8 Å². The largest absolute Gasteiger partial charge is 0.339 e. The molecule has 1 aromatic carbocycles.